The lowest BCUT2D eigenvalue weighted by molar-refractivity contribution is 0.0697. The molecule has 3 aromatic rings. The number of thiophene rings is 1. The minimum atomic E-state index is -0.876. The number of aromatic nitrogens is 1. The van der Waals surface area contributed by atoms with Crippen LogP contribution in [-0.2, 0) is 6.54 Å². The van der Waals surface area contributed by atoms with Gasteiger partial charge < -0.3 is 9.67 Å². The largest absolute Gasteiger partial charge is 0.478 e. The van der Waals surface area contributed by atoms with E-state index in [0.29, 0.717) is 5.56 Å². The molecule has 0 bridgehead atoms. The number of carbonyl (C=O) groups is 1. The van der Waals surface area contributed by atoms with Gasteiger partial charge in [0.2, 0.25) is 0 Å². The summed E-state index contributed by atoms with van der Waals surface area (Å²) in [6.45, 7) is 2.92. The molecule has 0 saturated carbocycles. The van der Waals surface area contributed by atoms with E-state index >= 15 is 0 Å². The zero-order valence-electron chi connectivity index (χ0n) is 9.30. The molecule has 3 nitrogen and oxygen atoms in total. The smallest absolute Gasteiger partial charge is 0.335 e. The van der Waals surface area contributed by atoms with E-state index in [0.717, 1.165) is 17.4 Å². The fourth-order valence-electron chi connectivity index (χ4n) is 2.27. The van der Waals surface area contributed by atoms with Crippen molar-refractivity contribution in [3.05, 3.63) is 35.2 Å². The molecule has 0 aliphatic rings. The van der Waals surface area contributed by atoms with E-state index in [-0.39, 0.29) is 0 Å². The minimum Gasteiger partial charge on any atom is -0.478 e. The molecule has 0 radical (unpaired) electrons. The molecule has 2 heterocycles. The third kappa shape index (κ3) is 1.37. The number of hydrogen-bond donors (Lipinski definition) is 1. The third-order valence-corrected chi connectivity index (χ3v) is 3.97. The Balaban J connectivity index is 2.45. The number of carboxylic acids is 1. The van der Waals surface area contributed by atoms with Gasteiger partial charge in [-0.2, -0.15) is 0 Å². The average molecular weight is 245 g/mol. The maximum absolute atomic E-state index is 11.0. The van der Waals surface area contributed by atoms with Crippen molar-refractivity contribution in [3.63, 3.8) is 0 Å². The van der Waals surface area contributed by atoms with Gasteiger partial charge in [-0.05, 0) is 30.5 Å². The molecule has 4 heteroatoms. The molecule has 1 aromatic carbocycles. The van der Waals surface area contributed by atoms with Crippen LogP contribution in [0.15, 0.2) is 29.6 Å². The molecule has 0 amide bonds. The Bertz CT molecular complexity index is 724. The zero-order chi connectivity index (χ0) is 12.0. The predicted octanol–water partition coefficient (Wildman–Crippen LogP) is 3.57. The van der Waals surface area contributed by atoms with E-state index < -0.39 is 5.97 Å². The highest BCUT2D eigenvalue weighted by atomic mass is 32.1. The number of aryl methyl sites for hydroxylation is 1. The second-order valence-corrected chi connectivity index (χ2v) is 4.83. The molecule has 0 saturated heterocycles. The highest BCUT2D eigenvalue weighted by Crippen LogP contribution is 2.33. The first-order valence-corrected chi connectivity index (χ1v) is 6.33. The summed E-state index contributed by atoms with van der Waals surface area (Å²) in [5.41, 5.74) is 2.54. The van der Waals surface area contributed by atoms with Gasteiger partial charge >= 0.3 is 5.97 Å². The standard InChI is InChI=1S/C13H11NO2S/c1-2-14-10-5-6-17-12(10)9-4-3-8(13(15)16)7-11(9)14/h3-7H,2H2,1H3,(H,15,16). The fraction of sp³-hybridized carbons (Fsp3) is 0.154. The Morgan fingerprint density at radius 2 is 2.18 bits per heavy atom. The van der Waals surface area contributed by atoms with Crippen LogP contribution in [0.1, 0.15) is 17.3 Å². The Kier molecular flexibility index (Phi) is 2.19. The number of fused-ring (bicyclic) bond motifs is 3. The van der Waals surface area contributed by atoms with Crippen LogP contribution in [0.25, 0.3) is 21.1 Å². The maximum Gasteiger partial charge on any atom is 0.335 e. The third-order valence-electron chi connectivity index (χ3n) is 3.03. The summed E-state index contributed by atoms with van der Waals surface area (Å²) >= 11 is 1.70. The molecule has 0 unspecified atom stereocenters. The molecule has 3 rings (SSSR count). The number of benzene rings is 1. The first kappa shape index (κ1) is 10.4. The second-order valence-electron chi connectivity index (χ2n) is 3.92. The molecule has 0 spiro atoms. The van der Waals surface area contributed by atoms with Gasteiger partial charge in [-0.1, -0.05) is 6.07 Å². The predicted molar refractivity (Wildman–Crippen MR) is 70.0 cm³/mol. The van der Waals surface area contributed by atoms with Gasteiger partial charge in [0.25, 0.3) is 0 Å². The summed E-state index contributed by atoms with van der Waals surface area (Å²) in [6, 6.07) is 7.42. The van der Waals surface area contributed by atoms with Crippen molar-refractivity contribution >= 4 is 38.4 Å². The lowest BCUT2D eigenvalue weighted by Crippen LogP contribution is -1.97. The van der Waals surface area contributed by atoms with Gasteiger partial charge in [0.15, 0.2) is 0 Å². The van der Waals surface area contributed by atoms with Crippen LogP contribution in [0.4, 0.5) is 0 Å². The Morgan fingerprint density at radius 3 is 2.88 bits per heavy atom. The molecule has 1 N–H and O–H groups in total. The summed E-state index contributed by atoms with van der Waals surface area (Å²) in [6.07, 6.45) is 0. The summed E-state index contributed by atoms with van der Waals surface area (Å²) in [7, 11) is 0. The summed E-state index contributed by atoms with van der Waals surface area (Å²) < 4.78 is 3.40. The van der Waals surface area contributed by atoms with E-state index in [1.165, 1.54) is 10.2 Å². The minimum absolute atomic E-state index is 0.345. The van der Waals surface area contributed by atoms with Gasteiger partial charge in [-0.3, -0.25) is 0 Å². The molecule has 0 atom stereocenters. The lowest BCUT2D eigenvalue weighted by Gasteiger charge is -2.02. The zero-order valence-corrected chi connectivity index (χ0v) is 10.1. The van der Waals surface area contributed by atoms with Crippen molar-refractivity contribution in [1.82, 2.24) is 4.57 Å². The number of hydrogen-bond acceptors (Lipinski definition) is 2. The van der Waals surface area contributed by atoms with Crippen molar-refractivity contribution in [2.75, 3.05) is 0 Å². The van der Waals surface area contributed by atoms with Gasteiger partial charge in [-0.15, -0.1) is 11.3 Å². The van der Waals surface area contributed by atoms with Crippen molar-refractivity contribution in [1.29, 1.82) is 0 Å². The monoisotopic (exact) mass is 245 g/mol. The van der Waals surface area contributed by atoms with Crippen molar-refractivity contribution < 1.29 is 9.90 Å². The Labute approximate surface area is 102 Å². The van der Waals surface area contributed by atoms with Crippen LogP contribution in [0.5, 0.6) is 0 Å². The highest BCUT2D eigenvalue weighted by molar-refractivity contribution is 7.18. The second kappa shape index (κ2) is 3.60. The van der Waals surface area contributed by atoms with Gasteiger partial charge in [0.05, 0.1) is 21.3 Å². The van der Waals surface area contributed by atoms with Crippen LogP contribution in [0.3, 0.4) is 0 Å². The van der Waals surface area contributed by atoms with Crippen LogP contribution in [-0.4, -0.2) is 15.6 Å². The summed E-state index contributed by atoms with van der Waals surface area (Å²) in [5.74, 6) is -0.876. The summed E-state index contributed by atoms with van der Waals surface area (Å²) in [5, 5.41) is 12.2. The topological polar surface area (TPSA) is 42.2 Å². The Morgan fingerprint density at radius 1 is 1.35 bits per heavy atom. The van der Waals surface area contributed by atoms with Crippen LogP contribution < -0.4 is 0 Å². The summed E-state index contributed by atoms with van der Waals surface area (Å²) in [4.78, 5) is 11.0. The van der Waals surface area contributed by atoms with Crippen molar-refractivity contribution in [2.45, 2.75) is 13.5 Å². The lowest BCUT2D eigenvalue weighted by atomic mass is 10.1. The van der Waals surface area contributed by atoms with Gasteiger partial charge in [-0.25, -0.2) is 4.79 Å². The SMILES string of the molecule is CCn1c2cc(C(=O)O)ccc2c2sccc21. The van der Waals surface area contributed by atoms with E-state index in [1.54, 1.807) is 23.5 Å². The molecule has 0 aliphatic heterocycles. The molecular formula is C13H11NO2S. The van der Waals surface area contributed by atoms with E-state index in [4.69, 9.17) is 5.11 Å². The Hall–Kier alpha value is -1.81. The highest BCUT2D eigenvalue weighted by Gasteiger charge is 2.12. The van der Waals surface area contributed by atoms with Crippen LogP contribution >= 0.6 is 11.3 Å². The maximum atomic E-state index is 11.0. The number of aromatic carboxylic acids is 1. The molecule has 2 aromatic heterocycles. The fourth-order valence-corrected chi connectivity index (χ4v) is 3.20. The first-order chi connectivity index (χ1) is 8.22. The van der Waals surface area contributed by atoms with Crippen molar-refractivity contribution in [3.8, 4) is 0 Å². The van der Waals surface area contributed by atoms with Crippen molar-refractivity contribution in [2.24, 2.45) is 0 Å². The van der Waals surface area contributed by atoms with Gasteiger partial charge in [0, 0.05) is 11.9 Å². The van der Waals surface area contributed by atoms with E-state index in [1.807, 2.05) is 6.07 Å². The molecule has 17 heavy (non-hydrogen) atoms. The molecule has 0 fully saturated rings. The van der Waals surface area contributed by atoms with Crippen LogP contribution in [0, 0.1) is 0 Å². The van der Waals surface area contributed by atoms with Gasteiger partial charge in [0.1, 0.15) is 0 Å². The first-order valence-electron chi connectivity index (χ1n) is 5.45. The van der Waals surface area contributed by atoms with E-state index in [9.17, 15) is 4.79 Å². The van der Waals surface area contributed by atoms with Crippen LogP contribution in [0.2, 0.25) is 0 Å². The quantitative estimate of drug-likeness (QED) is 0.750. The molecular weight excluding hydrogens is 234 g/mol. The van der Waals surface area contributed by atoms with E-state index in [2.05, 4.69) is 22.9 Å². The number of carboxylic acid groups (broad SMARTS) is 1. The molecule has 0 aliphatic carbocycles. The normalized spacial score (nSPS) is 11.4. The number of rotatable bonds is 2. The number of nitrogens with zero attached hydrogens (tertiary/aromatic N) is 1. The molecule has 86 valence electrons. The average Bonchev–Trinajstić information content (AvgIpc) is 2.87.